The first-order valence-corrected chi connectivity index (χ1v) is 14.1. The van der Waals surface area contributed by atoms with Crippen LogP contribution in [0.25, 0.3) is 22.3 Å². The third-order valence-corrected chi connectivity index (χ3v) is 8.42. The summed E-state index contributed by atoms with van der Waals surface area (Å²) in [6, 6.07) is 20.3. The number of rotatable bonds is 6. The summed E-state index contributed by atoms with van der Waals surface area (Å²) in [5, 5.41) is 10.8. The van der Waals surface area contributed by atoms with Gasteiger partial charge in [-0.2, -0.15) is 9.97 Å². The molecule has 0 bridgehead atoms. The number of pyridine rings is 1. The van der Waals surface area contributed by atoms with Crippen LogP contribution in [0.5, 0.6) is 5.75 Å². The van der Waals surface area contributed by atoms with E-state index in [4.69, 9.17) is 30.8 Å². The van der Waals surface area contributed by atoms with Crippen LogP contribution in [0.4, 0.5) is 11.8 Å². The van der Waals surface area contributed by atoms with Crippen LogP contribution in [0.2, 0.25) is 0 Å². The molecule has 4 aromatic rings. The molecule has 0 unspecified atom stereocenters. The van der Waals surface area contributed by atoms with Crippen molar-refractivity contribution < 1.29 is 14.6 Å². The molecule has 0 amide bonds. The zero-order chi connectivity index (χ0) is 28.4. The van der Waals surface area contributed by atoms with Crippen molar-refractivity contribution in [2.24, 2.45) is 0 Å². The molecule has 0 spiro atoms. The first-order valence-electron chi connectivity index (χ1n) is 14.1. The Morgan fingerprint density at radius 3 is 2.56 bits per heavy atom. The van der Waals surface area contributed by atoms with E-state index in [1.54, 1.807) is 7.11 Å². The number of morpholine rings is 1. The van der Waals surface area contributed by atoms with Crippen molar-refractivity contribution in [3.05, 3.63) is 71.8 Å². The van der Waals surface area contributed by atoms with Gasteiger partial charge in [0.1, 0.15) is 11.6 Å². The van der Waals surface area contributed by atoms with E-state index < -0.39 is 0 Å². The van der Waals surface area contributed by atoms with Gasteiger partial charge in [0.2, 0.25) is 5.95 Å². The minimum Gasteiger partial charge on any atom is -0.496 e. The van der Waals surface area contributed by atoms with Gasteiger partial charge in [-0.05, 0) is 55.7 Å². The third kappa shape index (κ3) is 5.08. The lowest BCUT2D eigenvalue weighted by Gasteiger charge is -2.39. The molecular weight excluding hydrogens is 514 g/mol. The maximum Gasteiger partial charge on any atom is 0.229 e. The maximum atomic E-state index is 9.85. The molecule has 8 heteroatoms. The van der Waals surface area contributed by atoms with E-state index in [0.29, 0.717) is 36.1 Å². The van der Waals surface area contributed by atoms with Gasteiger partial charge in [-0.15, -0.1) is 6.42 Å². The average molecular weight is 550 g/mol. The number of anilines is 2. The maximum absolute atomic E-state index is 9.85. The van der Waals surface area contributed by atoms with Gasteiger partial charge in [-0.25, -0.2) is 4.98 Å². The molecule has 2 saturated heterocycles. The second kappa shape index (κ2) is 11.4. The summed E-state index contributed by atoms with van der Waals surface area (Å²) in [5.41, 5.74) is 3.91. The Kier molecular flexibility index (Phi) is 7.48. The topological polar surface area (TPSA) is 83.8 Å². The summed E-state index contributed by atoms with van der Waals surface area (Å²) in [6.45, 7) is 5.59. The van der Waals surface area contributed by atoms with Crippen molar-refractivity contribution in [2.75, 3.05) is 49.8 Å². The van der Waals surface area contributed by atoms with Crippen LogP contribution in [-0.2, 0) is 16.8 Å². The van der Waals surface area contributed by atoms with Crippen LogP contribution >= 0.6 is 0 Å². The van der Waals surface area contributed by atoms with Gasteiger partial charge >= 0.3 is 0 Å². The number of fused-ring (bicyclic) bond motifs is 1. The van der Waals surface area contributed by atoms with E-state index in [-0.39, 0.29) is 18.1 Å². The second-order valence-electron chi connectivity index (χ2n) is 10.8. The molecule has 1 atom stereocenters. The summed E-state index contributed by atoms with van der Waals surface area (Å²) >= 11 is 0. The molecule has 6 rings (SSSR count). The molecular formula is C33H35N5O3. The number of hydrogen-bond acceptors (Lipinski definition) is 8. The Morgan fingerprint density at radius 1 is 1.05 bits per heavy atom. The summed E-state index contributed by atoms with van der Waals surface area (Å²) in [6.07, 6.45) is 7.77. The van der Waals surface area contributed by atoms with Gasteiger partial charge < -0.3 is 24.4 Å². The standard InChI is InChI=1S/C33H35N5O3/c1-4-33(26-8-6-5-7-9-26)14-16-37(17-15-33)32-35-30-27(31(36-32)38-18-19-41-22-23(38)2)11-12-28(34-30)24-10-13-29(40-3)25(20-24)21-39/h1,5-13,20,23,39H,14-19,21-22H2,2-3H3/t23-/m0/s1. The average Bonchev–Trinajstić information content (AvgIpc) is 3.04. The van der Waals surface area contributed by atoms with Crippen LogP contribution < -0.4 is 14.5 Å². The molecule has 2 fully saturated rings. The Hall–Kier alpha value is -4.19. The highest BCUT2D eigenvalue weighted by Gasteiger charge is 2.36. The molecule has 0 saturated carbocycles. The van der Waals surface area contributed by atoms with Gasteiger partial charge in [-0.3, -0.25) is 0 Å². The van der Waals surface area contributed by atoms with Crippen LogP contribution in [-0.4, -0.2) is 66.1 Å². The van der Waals surface area contributed by atoms with Gasteiger partial charge in [0.05, 0.1) is 49.5 Å². The predicted octanol–water partition coefficient (Wildman–Crippen LogP) is 4.59. The zero-order valence-corrected chi connectivity index (χ0v) is 23.6. The highest BCUT2D eigenvalue weighted by Crippen LogP contribution is 2.37. The van der Waals surface area contributed by atoms with E-state index >= 15 is 0 Å². The Balaban J connectivity index is 1.40. The SMILES string of the molecule is C#CC1(c2ccccc2)CCN(c2nc(N3CCOC[C@@H]3C)c3ccc(-c4ccc(OC)c(CO)c4)nc3n2)CC1. The number of nitrogens with zero attached hydrogens (tertiary/aromatic N) is 5. The monoisotopic (exact) mass is 549 g/mol. The van der Waals surface area contributed by atoms with Crippen LogP contribution in [0, 0.1) is 12.3 Å². The lowest BCUT2D eigenvalue weighted by molar-refractivity contribution is 0.0987. The first kappa shape index (κ1) is 27.0. The summed E-state index contributed by atoms with van der Waals surface area (Å²) in [4.78, 5) is 19.7. The summed E-state index contributed by atoms with van der Waals surface area (Å²) < 4.78 is 11.1. The second-order valence-corrected chi connectivity index (χ2v) is 10.8. The van der Waals surface area contributed by atoms with Gasteiger partial charge in [0, 0.05) is 30.8 Å². The Bertz CT molecular complexity index is 1580. The van der Waals surface area contributed by atoms with E-state index in [1.807, 2.05) is 30.3 Å². The fourth-order valence-corrected chi connectivity index (χ4v) is 5.97. The Morgan fingerprint density at radius 2 is 1.85 bits per heavy atom. The molecule has 2 aromatic carbocycles. The third-order valence-electron chi connectivity index (χ3n) is 8.42. The molecule has 210 valence electrons. The van der Waals surface area contributed by atoms with Gasteiger partial charge in [0.15, 0.2) is 5.65 Å². The van der Waals surface area contributed by atoms with Crippen LogP contribution in [0.3, 0.4) is 0 Å². The van der Waals surface area contributed by atoms with Crippen molar-refractivity contribution in [3.8, 4) is 29.4 Å². The number of aliphatic hydroxyl groups is 1. The molecule has 41 heavy (non-hydrogen) atoms. The molecule has 2 aliphatic heterocycles. The summed E-state index contributed by atoms with van der Waals surface area (Å²) in [5.74, 6) is 5.31. The van der Waals surface area contributed by atoms with Crippen molar-refractivity contribution >= 4 is 22.8 Å². The highest BCUT2D eigenvalue weighted by atomic mass is 16.5. The highest BCUT2D eigenvalue weighted by molar-refractivity contribution is 5.90. The van der Waals surface area contributed by atoms with E-state index in [0.717, 1.165) is 54.9 Å². The molecule has 8 nitrogen and oxygen atoms in total. The number of hydrogen-bond donors (Lipinski definition) is 1. The normalized spacial score (nSPS) is 18.7. The number of aromatic nitrogens is 3. The quantitative estimate of drug-likeness (QED) is 0.350. The van der Waals surface area contributed by atoms with Gasteiger partial charge in [-0.1, -0.05) is 36.3 Å². The predicted molar refractivity (Wildman–Crippen MR) is 161 cm³/mol. The fraction of sp³-hybridized carbons (Fsp3) is 0.364. The Labute approximate surface area is 241 Å². The molecule has 2 aliphatic rings. The van der Waals surface area contributed by atoms with Crippen LogP contribution in [0.15, 0.2) is 60.7 Å². The molecule has 1 N–H and O–H groups in total. The lowest BCUT2D eigenvalue weighted by Crippen LogP contribution is -2.45. The largest absolute Gasteiger partial charge is 0.496 e. The van der Waals surface area contributed by atoms with E-state index in [2.05, 4.69) is 53.0 Å². The van der Waals surface area contributed by atoms with E-state index in [9.17, 15) is 5.11 Å². The number of benzene rings is 2. The zero-order valence-electron chi connectivity index (χ0n) is 23.6. The number of piperidine rings is 1. The number of aliphatic hydroxyl groups excluding tert-OH is 1. The molecule has 2 aromatic heterocycles. The minimum atomic E-state index is -0.291. The molecule has 0 radical (unpaired) electrons. The molecule has 0 aliphatic carbocycles. The van der Waals surface area contributed by atoms with Crippen molar-refractivity contribution in [1.82, 2.24) is 15.0 Å². The first-order chi connectivity index (χ1) is 20.0. The smallest absolute Gasteiger partial charge is 0.229 e. The molecule has 4 heterocycles. The van der Waals surface area contributed by atoms with Gasteiger partial charge in [0.25, 0.3) is 0 Å². The summed E-state index contributed by atoms with van der Waals surface area (Å²) in [7, 11) is 1.60. The fourth-order valence-electron chi connectivity index (χ4n) is 5.97. The number of terminal acetylenes is 1. The number of ether oxygens (including phenoxy) is 2. The number of methoxy groups -OCH3 is 1. The van der Waals surface area contributed by atoms with Crippen molar-refractivity contribution in [1.29, 1.82) is 0 Å². The van der Waals surface area contributed by atoms with Crippen molar-refractivity contribution in [3.63, 3.8) is 0 Å². The minimum absolute atomic E-state index is 0.118. The van der Waals surface area contributed by atoms with E-state index in [1.165, 1.54) is 5.56 Å². The van der Waals surface area contributed by atoms with Crippen molar-refractivity contribution in [2.45, 2.75) is 37.8 Å². The lowest BCUT2D eigenvalue weighted by atomic mass is 9.73. The van der Waals surface area contributed by atoms with Crippen LogP contribution in [0.1, 0.15) is 30.9 Å².